The molecule has 0 aliphatic carbocycles. The summed E-state index contributed by atoms with van der Waals surface area (Å²) in [6, 6.07) is 0. The monoisotopic (exact) mass is 216 g/mol. The fourth-order valence-electron chi connectivity index (χ4n) is 0.144. The molecular weight excluding hydrogens is 210 g/mol. The Bertz CT molecular complexity index is 95.7. The predicted molar refractivity (Wildman–Crippen MR) is 39.8 cm³/mol. The van der Waals surface area contributed by atoms with Crippen LogP contribution in [0.25, 0.3) is 0 Å². The Morgan fingerprint density at radius 2 is 2.50 bits per heavy atom. The summed E-state index contributed by atoms with van der Waals surface area (Å²) >= 11 is 1.90. The van der Waals surface area contributed by atoms with E-state index < -0.39 is 7.40 Å². The van der Waals surface area contributed by atoms with Gasteiger partial charge in [0.1, 0.15) is 0 Å². The molecule has 1 nitrogen and oxygen atoms in total. The van der Waals surface area contributed by atoms with E-state index in [1.165, 1.54) is 0 Å². The fraction of sp³-hybridized carbons (Fsp3) is 1.00. The second-order valence-corrected chi connectivity index (χ2v) is 4.62. The van der Waals surface area contributed by atoms with Gasteiger partial charge in [-0.25, -0.2) is 0 Å². The Labute approximate surface area is 52.2 Å². The molecule has 0 aliphatic rings. The number of thiol groups is 1. The molecule has 0 fully saturated rings. The Morgan fingerprint density at radius 3 is 2.50 bits per heavy atom. The van der Waals surface area contributed by atoms with Gasteiger partial charge in [0.2, 0.25) is 0 Å². The molecule has 36 valence electrons. The van der Waals surface area contributed by atoms with Crippen LogP contribution in [0.15, 0.2) is 0 Å². The predicted octanol–water partition coefficient (Wildman–Crippen LogP) is 0.875. The zero-order chi connectivity index (χ0) is 4.99. The van der Waals surface area contributed by atoms with Crippen molar-refractivity contribution in [3.63, 3.8) is 0 Å². The van der Waals surface area contributed by atoms with Crippen molar-refractivity contribution >= 4 is 34.8 Å². The van der Waals surface area contributed by atoms with Crippen molar-refractivity contribution in [1.82, 2.24) is 0 Å². The van der Waals surface area contributed by atoms with Gasteiger partial charge in [0, 0.05) is 0 Å². The van der Waals surface area contributed by atoms with Crippen molar-refractivity contribution in [2.45, 2.75) is 13.2 Å². The molecule has 6 heavy (non-hydrogen) atoms. The van der Waals surface area contributed by atoms with Gasteiger partial charge in [-0.1, -0.05) is 0 Å². The van der Waals surface area contributed by atoms with E-state index in [9.17, 15) is 4.21 Å². The van der Waals surface area contributed by atoms with Gasteiger partial charge in [-0.3, -0.25) is 0 Å². The van der Waals surface area contributed by atoms with E-state index in [-0.39, 0.29) is 0 Å². The van der Waals surface area contributed by atoms with Gasteiger partial charge < -0.3 is 0 Å². The van der Waals surface area contributed by atoms with Gasteiger partial charge in [0.25, 0.3) is 0 Å². The van der Waals surface area contributed by atoms with Crippen LogP contribution in [-0.4, -0.2) is 10.4 Å². The van der Waals surface area contributed by atoms with E-state index in [1.807, 2.05) is 28.1 Å². The Balaban J connectivity index is 3.43. The normalized spacial score (nSPS) is 13.7. The third kappa shape index (κ3) is 4.94. The molecule has 0 N–H and O–H groups in total. The molecule has 4 heteroatoms. The van der Waals surface area contributed by atoms with Crippen LogP contribution in [0.2, 0.25) is 6.32 Å². The zero-order valence-corrected chi connectivity index (χ0v) is 6.57. The van der Waals surface area contributed by atoms with E-state index in [0.29, 0.717) is 0 Å². The van der Waals surface area contributed by atoms with Gasteiger partial charge in [-0.15, -0.1) is 0 Å². The molecule has 0 amide bonds. The third-order valence-electron chi connectivity index (χ3n) is 0.326. The summed E-state index contributed by atoms with van der Waals surface area (Å²) in [4.78, 5) is 0. The van der Waals surface area contributed by atoms with Crippen molar-refractivity contribution in [1.29, 1.82) is 0 Å². The number of rotatable bonds is 1. The van der Waals surface area contributed by atoms with Gasteiger partial charge in [0.05, 0.1) is 0 Å². The van der Waals surface area contributed by atoms with Crippen LogP contribution in [0.4, 0.5) is 0 Å². The second-order valence-electron chi connectivity index (χ2n) is 0.863. The average Bonchev–Trinajstić information content (AvgIpc) is 1.35. The molecule has 0 saturated heterocycles. The van der Waals surface area contributed by atoms with Crippen molar-refractivity contribution in [2.24, 2.45) is 0 Å². The fourth-order valence-corrected chi connectivity index (χ4v) is 1.61. The van der Waals surface area contributed by atoms with E-state index in [0.717, 1.165) is 6.32 Å². The van der Waals surface area contributed by atoms with Crippen LogP contribution >= 0.6 is 21.2 Å². The zero-order valence-electron chi connectivity index (χ0n) is 3.52. The quantitative estimate of drug-likeness (QED) is 0.298. The van der Waals surface area contributed by atoms with Gasteiger partial charge in [-0.05, 0) is 0 Å². The summed E-state index contributed by atoms with van der Waals surface area (Å²) in [5, 5.41) is 0. The molecule has 0 bridgehead atoms. The summed E-state index contributed by atoms with van der Waals surface area (Å²) in [5.74, 6) is 0. The van der Waals surface area contributed by atoms with Crippen LogP contribution in [-0.2, 0) is 7.40 Å². The number of hydrogen-bond donors (Lipinski definition) is 1. The van der Waals surface area contributed by atoms with Gasteiger partial charge >= 0.3 is 52.2 Å². The topological polar surface area (TPSA) is 17.1 Å². The molecule has 1 unspecified atom stereocenters. The SMILES string of the molecule is CCB=[SH](=O)I. The molecule has 0 aromatic heterocycles. The maximum atomic E-state index is 10.1. The van der Waals surface area contributed by atoms with Gasteiger partial charge in [-0.2, -0.15) is 0 Å². The number of hydrogen-bond acceptors (Lipinski definition) is 1. The first-order valence-corrected chi connectivity index (χ1v) is 5.84. The molecule has 0 radical (unpaired) electrons. The first-order chi connectivity index (χ1) is 2.77. The van der Waals surface area contributed by atoms with Crippen molar-refractivity contribution < 1.29 is 4.21 Å². The molecule has 0 aliphatic heterocycles. The second kappa shape index (κ2) is 4.11. The maximum absolute atomic E-state index is 10.1. The molecule has 0 aromatic carbocycles. The summed E-state index contributed by atoms with van der Waals surface area (Å²) in [6.45, 7) is 1.98. The average molecular weight is 216 g/mol. The number of halogens is 1. The van der Waals surface area contributed by atoms with Crippen LogP contribution in [0, 0.1) is 0 Å². The van der Waals surface area contributed by atoms with E-state index in [2.05, 4.69) is 0 Å². The molecule has 0 aromatic rings. The molecule has 0 spiro atoms. The first-order valence-electron chi connectivity index (χ1n) is 1.73. The molecule has 0 saturated carbocycles. The summed E-state index contributed by atoms with van der Waals surface area (Å²) in [7, 11) is -1.01. The minimum absolute atomic E-state index is 0.915. The Hall–Kier alpha value is 0.945. The van der Waals surface area contributed by atoms with Crippen LogP contribution in [0.3, 0.4) is 0 Å². The summed E-state index contributed by atoms with van der Waals surface area (Å²) in [6.07, 6.45) is 2.70. The van der Waals surface area contributed by atoms with E-state index >= 15 is 0 Å². The van der Waals surface area contributed by atoms with Crippen molar-refractivity contribution in [3.05, 3.63) is 0 Å². The Morgan fingerprint density at radius 1 is 2.00 bits per heavy atom. The van der Waals surface area contributed by atoms with Crippen LogP contribution < -0.4 is 0 Å². The van der Waals surface area contributed by atoms with Crippen molar-refractivity contribution in [2.75, 3.05) is 0 Å². The molecule has 1 atom stereocenters. The van der Waals surface area contributed by atoms with E-state index in [1.54, 1.807) is 6.15 Å². The van der Waals surface area contributed by atoms with Gasteiger partial charge in [0.15, 0.2) is 0 Å². The summed E-state index contributed by atoms with van der Waals surface area (Å²) in [5.41, 5.74) is 0. The summed E-state index contributed by atoms with van der Waals surface area (Å²) < 4.78 is 10.1. The van der Waals surface area contributed by atoms with Crippen molar-refractivity contribution in [3.8, 4) is 0 Å². The molecule has 0 heterocycles. The molecular formula is C2H6BIOS. The third-order valence-corrected chi connectivity index (χ3v) is 2.16. The molecule has 0 rings (SSSR count). The van der Waals surface area contributed by atoms with Crippen LogP contribution in [0.5, 0.6) is 0 Å². The Kier molecular flexibility index (Phi) is 4.76. The van der Waals surface area contributed by atoms with Crippen LogP contribution in [0.1, 0.15) is 6.92 Å². The minimum atomic E-state index is -1.01. The standard InChI is InChI=1S/C2H6BIOS/c1-2-3-6(4)5/h6H,2H2,1H3. The van der Waals surface area contributed by atoms with E-state index in [4.69, 9.17) is 0 Å². The first kappa shape index (κ1) is 6.94.